The molecule has 0 aliphatic heterocycles. The van der Waals surface area contributed by atoms with E-state index in [1.54, 1.807) is 19.9 Å². The van der Waals surface area contributed by atoms with Gasteiger partial charge in [-0.25, -0.2) is 0 Å². The highest BCUT2D eigenvalue weighted by Gasteiger charge is 2.10. The van der Waals surface area contributed by atoms with Crippen LogP contribution in [0.2, 0.25) is 0 Å². The summed E-state index contributed by atoms with van der Waals surface area (Å²) < 4.78 is 4.79. The van der Waals surface area contributed by atoms with Crippen LogP contribution in [0, 0.1) is 6.92 Å². The van der Waals surface area contributed by atoms with E-state index in [4.69, 9.17) is 10.5 Å². The van der Waals surface area contributed by atoms with Gasteiger partial charge in [-0.05, 0) is 26.3 Å². The van der Waals surface area contributed by atoms with E-state index in [0.717, 1.165) is 0 Å². The van der Waals surface area contributed by atoms with E-state index < -0.39 is 0 Å². The summed E-state index contributed by atoms with van der Waals surface area (Å²) >= 11 is 0. The summed E-state index contributed by atoms with van der Waals surface area (Å²) in [7, 11) is 0. The standard InChI is InChI=1S/C13H19N3O3/c1-3-19-12(17)5-4-6-15-13(18)11-7-10(14)8-16-9(11)2/h7-8H,3-6,14H2,1-2H3,(H,15,18). The molecule has 0 saturated carbocycles. The molecule has 0 fully saturated rings. The molecule has 1 aromatic heterocycles. The van der Waals surface area contributed by atoms with Crippen molar-refractivity contribution >= 4 is 17.6 Å². The smallest absolute Gasteiger partial charge is 0.305 e. The van der Waals surface area contributed by atoms with Gasteiger partial charge in [-0.15, -0.1) is 0 Å². The van der Waals surface area contributed by atoms with Crippen LogP contribution in [0.4, 0.5) is 5.69 Å². The number of aromatic nitrogens is 1. The minimum atomic E-state index is -0.251. The van der Waals surface area contributed by atoms with Crippen molar-refractivity contribution in [1.82, 2.24) is 10.3 Å². The molecule has 0 aliphatic carbocycles. The van der Waals surface area contributed by atoms with Crippen molar-refractivity contribution in [3.63, 3.8) is 0 Å². The zero-order valence-electron chi connectivity index (χ0n) is 11.2. The molecule has 1 heterocycles. The van der Waals surface area contributed by atoms with Crippen molar-refractivity contribution in [3.8, 4) is 0 Å². The van der Waals surface area contributed by atoms with E-state index in [-0.39, 0.29) is 11.9 Å². The van der Waals surface area contributed by atoms with Crippen LogP contribution in [-0.4, -0.2) is 30.0 Å². The number of esters is 1. The molecule has 0 radical (unpaired) electrons. The second kappa shape index (κ2) is 7.35. The molecular formula is C13H19N3O3. The van der Waals surface area contributed by atoms with Gasteiger partial charge in [0.2, 0.25) is 0 Å². The molecule has 0 unspecified atom stereocenters. The lowest BCUT2D eigenvalue weighted by molar-refractivity contribution is -0.143. The number of pyridine rings is 1. The maximum Gasteiger partial charge on any atom is 0.305 e. The summed E-state index contributed by atoms with van der Waals surface area (Å²) in [6.07, 6.45) is 2.34. The number of amides is 1. The van der Waals surface area contributed by atoms with Crippen LogP contribution in [0.25, 0.3) is 0 Å². The molecular weight excluding hydrogens is 246 g/mol. The predicted octanol–water partition coefficient (Wildman–Crippen LogP) is 1.05. The summed E-state index contributed by atoms with van der Waals surface area (Å²) in [5, 5.41) is 2.72. The summed E-state index contributed by atoms with van der Waals surface area (Å²) in [5.41, 5.74) is 7.11. The highest BCUT2D eigenvalue weighted by Crippen LogP contribution is 2.09. The topological polar surface area (TPSA) is 94.3 Å². The van der Waals surface area contributed by atoms with Gasteiger partial charge < -0.3 is 15.8 Å². The quantitative estimate of drug-likeness (QED) is 0.592. The second-order valence-corrected chi connectivity index (χ2v) is 4.07. The van der Waals surface area contributed by atoms with E-state index in [1.807, 2.05) is 0 Å². The van der Waals surface area contributed by atoms with E-state index in [0.29, 0.717) is 42.9 Å². The lowest BCUT2D eigenvalue weighted by Gasteiger charge is -2.07. The van der Waals surface area contributed by atoms with Gasteiger partial charge in [0.15, 0.2) is 0 Å². The fourth-order valence-corrected chi connectivity index (χ4v) is 1.54. The average molecular weight is 265 g/mol. The maximum absolute atomic E-state index is 11.9. The SMILES string of the molecule is CCOC(=O)CCCNC(=O)c1cc(N)cnc1C. The Morgan fingerprint density at radius 3 is 2.89 bits per heavy atom. The third-order valence-corrected chi connectivity index (χ3v) is 2.50. The summed E-state index contributed by atoms with van der Waals surface area (Å²) in [6.45, 7) is 4.29. The lowest BCUT2D eigenvalue weighted by Crippen LogP contribution is -2.26. The first-order valence-corrected chi connectivity index (χ1v) is 6.20. The highest BCUT2D eigenvalue weighted by molar-refractivity contribution is 5.95. The molecule has 104 valence electrons. The minimum absolute atomic E-state index is 0.235. The molecule has 6 nitrogen and oxygen atoms in total. The van der Waals surface area contributed by atoms with Crippen LogP contribution in [0.15, 0.2) is 12.3 Å². The molecule has 0 saturated heterocycles. The number of aryl methyl sites for hydroxylation is 1. The number of carbonyl (C=O) groups excluding carboxylic acids is 2. The third kappa shape index (κ3) is 4.95. The number of anilines is 1. The van der Waals surface area contributed by atoms with Crippen LogP contribution >= 0.6 is 0 Å². The van der Waals surface area contributed by atoms with Crippen LogP contribution in [0.1, 0.15) is 35.8 Å². The molecule has 0 aromatic carbocycles. The highest BCUT2D eigenvalue weighted by atomic mass is 16.5. The Kier molecular flexibility index (Phi) is 5.78. The first kappa shape index (κ1) is 14.9. The Bertz CT molecular complexity index is 460. The fourth-order valence-electron chi connectivity index (χ4n) is 1.54. The van der Waals surface area contributed by atoms with E-state index in [9.17, 15) is 9.59 Å². The summed E-state index contributed by atoms with van der Waals surface area (Å²) in [5.74, 6) is -0.486. The van der Waals surface area contributed by atoms with Crippen molar-refractivity contribution in [1.29, 1.82) is 0 Å². The second-order valence-electron chi connectivity index (χ2n) is 4.07. The van der Waals surface area contributed by atoms with Crippen LogP contribution in [-0.2, 0) is 9.53 Å². The van der Waals surface area contributed by atoms with Crippen molar-refractivity contribution < 1.29 is 14.3 Å². The third-order valence-electron chi connectivity index (χ3n) is 2.50. The van der Waals surface area contributed by atoms with Crippen LogP contribution in [0.5, 0.6) is 0 Å². The first-order valence-electron chi connectivity index (χ1n) is 6.20. The number of hydrogen-bond donors (Lipinski definition) is 2. The van der Waals surface area contributed by atoms with Crippen LogP contribution < -0.4 is 11.1 Å². The van der Waals surface area contributed by atoms with Crippen LogP contribution in [0.3, 0.4) is 0 Å². The summed E-state index contributed by atoms with van der Waals surface area (Å²) in [4.78, 5) is 27.0. The van der Waals surface area contributed by atoms with Gasteiger partial charge >= 0.3 is 5.97 Å². The molecule has 1 amide bonds. The van der Waals surface area contributed by atoms with Crippen molar-refractivity contribution in [2.75, 3.05) is 18.9 Å². The van der Waals surface area contributed by atoms with Gasteiger partial charge in [-0.3, -0.25) is 14.6 Å². The Labute approximate surface area is 112 Å². The van der Waals surface area contributed by atoms with E-state index in [2.05, 4.69) is 10.3 Å². The molecule has 1 rings (SSSR count). The van der Waals surface area contributed by atoms with E-state index in [1.165, 1.54) is 6.20 Å². The van der Waals surface area contributed by atoms with Gasteiger partial charge in [0.25, 0.3) is 5.91 Å². The average Bonchev–Trinajstić information content (AvgIpc) is 2.37. The number of carbonyl (C=O) groups is 2. The van der Waals surface area contributed by atoms with Gasteiger partial charge in [0, 0.05) is 13.0 Å². The number of nitrogens with zero attached hydrogens (tertiary/aromatic N) is 1. The molecule has 0 aliphatic rings. The Morgan fingerprint density at radius 2 is 2.21 bits per heavy atom. The number of ether oxygens (including phenoxy) is 1. The predicted molar refractivity (Wildman–Crippen MR) is 71.6 cm³/mol. The summed E-state index contributed by atoms with van der Waals surface area (Å²) in [6, 6.07) is 1.59. The normalized spacial score (nSPS) is 10.0. The van der Waals surface area contributed by atoms with Gasteiger partial charge in [0.05, 0.1) is 29.7 Å². The maximum atomic E-state index is 11.9. The Hall–Kier alpha value is -2.11. The number of rotatable bonds is 6. The van der Waals surface area contributed by atoms with Gasteiger partial charge in [-0.2, -0.15) is 0 Å². The zero-order chi connectivity index (χ0) is 14.3. The lowest BCUT2D eigenvalue weighted by atomic mass is 10.2. The molecule has 0 bridgehead atoms. The van der Waals surface area contributed by atoms with Crippen molar-refractivity contribution in [2.45, 2.75) is 26.7 Å². The van der Waals surface area contributed by atoms with Gasteiger partial charge in [-0.1, -0.05) is 0 Å². The molecule has 1 aromatic rings. The van der Waals surface area contributed by atoms with Gasteiger partial charge in [0.1, 0.15) is 0 Å². The zero-order valence-corrected chi connectivity index (χ0v) is 11.2. The molecule has 6 heteroatoms. The monoisotopic (exact) mass is 265 g/mol. The largest absolute Gasteiger partial charge is 0.466 e. The van der Waals surface area contributed by atoms with Crippen molar-refractivity contribution in [3.05, 3.63) is 23.5 Å². The first-order chi connectivity index (χ1) is 9.04. The fraction of sp³-hybridized carbons (Fsp3) is 0.462. The number of nitrogens with two attached hydrogens (primary N) is 1. The molecule has 0 atom stereocenters. The van der Waals surface area contributed by atoms with Crippen molar-refractivity contribution in [2.24, 2.45) is 0 Å². The minimum Gasteiger partial charge on any atom is -0.466 e. The van der Waals surface area contributed by atoms with E-state index >= 15 is 0 Å². The number of hydrogen-bond acceptors (Lipinski definition) is 5. The molecule has 0 spiro atoms. The Morgan fingerprint density at radius 1 is 1.47 bits per heavy atom. The molecule has 3 N–H and O–H groups in total. The molecule has 19 heavy (non-hydrogen) atoms. The number of nitrogens with one attached hydrogen (secondary N) is 1. The Balaban J connectivity index is 2.39. The number of nitrogen functional groups attached to an aromatic ring is 1.